The average molecular weight is 320 g/mol. The largest absolute Gasteiger partial charge is 0.366 e. The molecule has 3 aromatic heterocycles. The zero-order valence-corrected chi connectivity index (χ0v) is 12.9. The third-order valence-electron chi connectivity index (χ3n) is 4.13. The Balaban J connectivity index is 1.58. The molecule has 0 atom stereocenters. The maximum atomic E-state index is 11.3. The molecule has 1 aliphatic rings. The second-order valence-electron chi connectivity index (χ2n) is 5.70. The van der Waals surface area contributed by atoms with E-state index in [1.165, 1.54) is 6.08 Å². The van der Waals surface area contributed by atoms with Gasteiger partial charge in [-0.15, -0.1) is 0 Å². The molecule has 0 unspecified atom stereocenters. The zero-order valence-electron chi connectivity index (χ0n) is 12.9. The minimum atomic E-state index is -0.135. The summed E-state index contributed by atoms with van der Waals surface area (Å²) in [5.74, 6) is -0.135. The van der Waals surface area contributed by atoms with E-state index in [1.807, 2.05) is 12.4 Å². The predicted molar refractivity (Wildman–Crippen MR) is 91.5 cm³/mol. The first-order valence-corrected chi connectivity index (χ1v) is 7.66. The van der Waals surface area contributed by atoms with Gasteiger partial charge in [-0.1, -0.05) is 6.58 Å². The van der Waals surface area contributed by atoms with Crippen LogP contribution in [0.2, 0.25) is 0 Å². The molecule has 0 saturated carbocycles. The van der Waals surface area contributed by atoms with Crippen LogP contribution >= 0.6 is 0 Å². The van der Waals surface area contributed by atoms with Crippen molar-refractivity contribution in [2.45, 2.75) is 6.04 Å². The van der Waals surface area contributed by atoms with E-state index >= 15 is 0 Å². The maximum Gasteiger partial charge on any atom is 0.243 e. The number of nitrogens with one attached hydrogen (secondary N) is 2. The fourth-order valence-electron chi connectivity index (χ4n) is 2.86. The molecule has 24 heavy (non-hydrogen) atoms. The van der Waals surface area contributed by atoms with Gasteiger partial charge in [-0.3, -0.25) is 14.8 Å². The summed E-state index contributed by atoms with van der Waals surface area (Å²) in [5, 5.41) is 3.90. The number of aromatic amines is 1. The van der Waals surface area contributed by atoms with Crippen molar-refractivity contribution in [3.05, 3.63) is 49.7 Å². The fraction of sp³-hybridized carbons (Fsp3) is 0.176. The fourth-order valence-corrected chi connectivity index (χ4v) is 2.86. The van der Waals surface area contributed by atoms with Crippen LogP contribution in [0.4, 0.5) is 5.69 Å². The second-order valence-corrected chi connectivity index (χ2v) is 5.70. The van der Waals surface area contributed by atoms with Gasteiger partial charge in [0.25, 0.3) is 0 Å². The minimum absolute atomic E-state index is 0.135. The Morgan fingerprint density at radius 2 is 2.21 bits per heavy atom. The molecule has 7 nitrogen and oxygen atoms in total. The molecule has 4 heterocycles. The molecule has 0 bridgehead atoms. The lowest BCUT2D eigenvalue weighted by Crippen LogP contribution is -2.59. The van der Waals surface area contributed by atoms with E-state index in [2.05, 4.69) is 42.8 Å². The van der Waals surface area contributed by atoms with Gasteiger partial charge in [0, 0.05) is 42.6 Å². The first kappa shape index (κ1) is 14.4. The van der Waals surface area contributed by atoms with Crippen LogP contribution in [0.25, 0.3) is 22.3 Å². The Labute approximate surface area is 138 Å². The molecule has 1 fully saturated rings. The molecule has 1 aliphatic heterocycles. The standard InChI is InChI=1S/C17H16N6O/c1-2-16(24)22-11-9-23(10-11)12-5-13-14(7-21-17(13)20-6-12)15-8-18-3-4-19-15/h2-8,11H,1,9-10H2,(H,20,21)(H,22,24). The number of nitrogens with zero attached hydrogens (tertiary/aromatic N) is 4. The third kappa shape index (κ3) is 2.50. The zero-order chi connectivity index (χ0) is 16.5. The Morgan fingerprint density at radius 1 is 1.33 bits per heavy atom. The molecule has 2 N–H and O–H groups in total. The SMILES string of the molecule is C=CC(=O)NC1CN(c2cnc3[nH]cc(-c4cnccn4)c3c2)C1. The van der Waals surface area contributed by atoms with Gasteiger partial charge in [-0.2, -0.15) is 0 Å². The van der Waals surface area contributed by atoms with E-state index in [0.717, 1.165) is 41.1 Å². The highest BCUT2D eigenvalue weighted by atomic mass is 16.1. The summed E-state index contributed by atoms with van der Waals surface area (Å²) in [4.78, 5) is 29.6. The molecule has 0 spiro atoms. The molecule has 1 saturated heterocycles. The highest BCUT2D eigenvalue weighted by Crippen LogP contribution is 2.30. The van der Waals surface area contributed by atoms with E-state index in [4.69, 9.17) is 0 Å². The highest BCUT2D eigenvalue weighted by molar-refractivity contribution is 5.94. The lowest BCUT2D eigenvalue weighted by Gasteiger charge is -2.40. The van der Waals surface area contributed by atoms with Crippen LogP contribution in [0.1, 0.15) is 0 Å². The van der Waals surface area contributed by atoms with Crippen LogP contribution in [0.3, 0.4) is 0 Å². The van der Waals surface area contributed by atoms with Gasteiger partial charge in [0.1, 0.15) is 5.65 Å². The van der Waals surface area contributed by atoms with E-state index in [9.17, 15) is 4.79 Å². The predicted octanol–water partition coefficient (Wildman–Crippen LogP) is 1.51. The van der Waals surface area contributed by atoms with Crippen molar-refractivity contribution in [1.82, 2.24) is 25.3 Å². The van der Waals surface area contributed by atoms with Crippen molar-refractivity contribution in [3.8, 4) is 11.3 Å². The van der Waals surface area contributed by atoms with Crippen molar-refractivity contribution >= 4 is 22.6 Å². The monoisotopic (exact) mass is 320 g/mol. The summed E-state index contributed by atoms with van der Waals surface area (Å²) >= 11 is 0. The number of aromatic nitrogens is 4. The number of fused-ring (bicyclic) bond motifs is 1. The molecule has 0 aliphatic carbocycles. The van der Waals surface area contributed by atoms with Gasteiger partial charge in [-0.25, -0.2) is 4.98 Å². The number of hydrogen-bond donors (Lipinski definition) is 2. The van der Waals surface area contributed by atoms with Gasteiger partial charge in [0.05, 0.1) is 29.8 Å². The maximum absolute atomic E-state index is 11.3. The molecule has 3 aromatic rings. The molecular weight excluding hydrogens is 304 g/mol. The number of rotatable bonds is 4. The van der Waals surface area contributed by atoms with Crippen molar-refractivity contribution in [3.63, 3.8) is 0 Å². The van der Waals surface area contributed by atoms with Crippen molar-refractivity contribution < 1.29 is 4.79 Å². The minimum Gasteiger partial charge on any atom is -0.366 e. The van der Waals surface area contributed by atoms with Gasteiger partial charge < -0.3 is 15.2 Å². The van der Waals surface area contributed by atoms with Crippen molar-refractivity contribution in [2.75, 3.05) is 18.0 Å². The lowest BCUT2D eigenvalue weighted by molar-refractivity contribution is -0.117. The summed E-state index contributed by atoms with van der Waals surface area (Å²) in [6.45, 7) is 4.99. The second kappa shape index (κ2) is 5.77. The summed E-state index contributed by atoms with van der Waals surface area (Å²) in [6, 6.07) is 2.24. The van der Waals surface area contributed by atoms with Gasteiger partial charge in [0.2, 0.25) is 5.91 Å². The van der Waals surface area contributed by atoms with Crippen LogP contribution in [0, 0.1) is 0 Å². The lowest BCUT2D eigenvalue weighted by atomic mass is 10.1. The smallest absolute Gasteiger partial charge is 0.243 e. The van der Waals surface area contributed by atoms with Gasteiger partial charge in [0.15, 0.2) is 0 Å². The molecule has 120 valence electrons. The van der Waals surface area contributed by atoms with Crippen molar-refractivity contribution in [1.29, 1.82) is 0 Å². The molecule has 0 aromatic carbocycles. The van der Waals surface area contributed by atoms with Crippen LogP contribution in [0.5, 0.6) is 0 Å². The highest BCUT2D eigenvalue weighted by Gasteiger charge is 2.28. The number of carbonyl (C=O) groups is 1. The Morgan fingerprint density at radius 3 is 2.96 bits per heavy atom. The number of amides is 1. The third-order valence-corrected chi connectivity index (χ3v) is 4.13. The Hall–Kier alpha value is -3.22. The Kier molecular flexibility index (Phi) is 3.45. The van der Waals surface area contributed by atoms with E-state index in [1.54, 1.807) is 18.6 Å². The number of H-pyrrole nitrogens is 1. The van der Waals surface area contributed by atoms with Gasteiger partial charge in [-0.05, 0) is 12.1 Å². The summed E-state index contributed by atoms with van der Waals surface area (Å²) < 4.78 is 0. The van der Waals surface area contributed by atoms with Crippen LogP contribution in [0.15, 0.2) is 49.7 Å². The van der Waals surface area contributed by atoms with Gasteiger partial charge >= 0.3 is 0 Å². The number of pyridine rings is 1. The molecule has 0 radical (unpaired) electrons. The van der Waals surface area contributed by atoms with Crippen LogP contribution in [-0.4, -0.2) is 45.0 Å². The summed E-state index contributed by atoms with van der Waals surface area (Å²) in [7, 11) is 0. The van der Waals surface area contributed by atoms with Crippen LogP contribution < -0.4 is 10.2 Å². The van der Waals surface area contributed by atoms with E-state index in [0.29, 0.717) is 0 Å². The van der Waals surface area contributed by atoms with E-state index in [-0.39, 0.29) is 11.9 Å². The molecule has 1 amide bonds. The topological polar surface area (TPSA) is 86.8 Å². The number of anilines is 1. The normalized spacial score (nSPS) is 14.4. The first-order chi connectivity index (χ1) is 11.7. The first-order valence-electron chi connectivity index (χ1n) is 7.66. The quantitative estimate of drug-likeness (QED) is 0.712. The molecule has 7 heteroatoms. The Bertz CT molecular complexity index is 898. The average Bonchev–Trinajstić information content (AvgIpc) is 3.01. The van der Waals surface area contributed by atoms with E-state index < -0.39 is 0 Å². The number of carbonyl (C=O) groups excluding carboxylic acids is 1. The van der Waals surface area contributed by atoms with Crippen molar-refractivity contribution in [2.24, 2.45) is 0 Å². The number of hydrogen-bond acceptors (Lipinski definition) is 5. The summed E-state index contributed by atoms with van der Waals surface area (Å²) in [5.41, 5.74) is 3.62. The molecule has 4 rings (SSSR count). The summed E-state index contributed by atoms with van der Waals surface area (Å²) in [6.07, 6.45) is 10.1. The van der Waals surface area contributed by atoms with Crippen LogP contribution in [-0.2, 0) is 4.79 Å². The molecular formula is C17H16N6O.